The summed E-state index contributed by atoms with van der Waals surface area (Å²) >= 11 is 0. The van der Waals surface area contributed by atoms with E-state index in [0.717, 1.165) is 47.3 Å². The lowest BCUT2D eigenvalue weighted by Gasteiger charge is -2.11. The van der Waals surface area contributed by atoms with E-state index in [0.29, 0.717) is 24.0 Å². The van der Waals surface area contributed by atoms with Gasteiger partial charge >= 0.3 is 0 Å². The lowest BCUT2D eigenvalue weighted by atomic mass is 10.2. The van der Waals surface area contributed by atoms with Crippen LogP contribution in [0.5, 0.6) is 11.5 Å². The molecule has 0 aliphatic carbocycles. The number of rotatable bonds is 10. The molecule has 0 amide bonds. The zero-order valence-corrected chi connectivity index (χ0v) is 20.4. The van der Waals surface area contributed by atoms with Crippen LogP contribution in [0, 0.1) is 6.92 Å². The van der Waals surface area contributed by atoms with E-state index in [1.165, 1.54) is 5.56 Å². The maximum Gasteiger partial charge on any atom is 0.190 e. The molecule has 0 fully saturated rings. The van der Waals surface area contributed by atoms with Crippen LogP contribution in [0.15, 0.2) is 76.8 Å². The van der Waals surface area contributed by atoms with E-state index < -0.39 is 0 Å². The van der Waals surface area contributed by atoms with Crippen LogP contribution in [0.4, 0.5) is 5.69 Å². The lowest BCUT2D eigenvalue weighted by molar-refractivity contribution is 0.286. The van der Waals surface area contributed by atoms with Crippen molar-refractivity contribution >= 4 is 28.8 Å². The van der Waals surface area contributed by atoms with Crippen molar-refractivity contribution in [3.63, 3.8) is 0 Å². The van der Waals surface area contributed by atoms with Gasteiger partial charge in [0.05, 0.1) is 36.7 Å². The summed E-state index contributed by atoms with van der Waals surface area (Å²) in [6.07, 6.45) is 5.05. The molecule has 35 heavy (non-hydrogen) atoms. The standard InChI is InChI=1S/C28H31N5O2/c1-4-5-8-17-35-25-16-13-21(18-26(25)34-3)19-29-33-28(30-22-14-11-20(2)12-15-22)27-31-23-9-6-7-10-24(23)32-27/h6-7,9-16,18-19H,4-5,8,17H2,1-3H3,(H,30,33)(H,31,32). The minimum Gasteiger partial charge on any atom is -0.493 e. The van der Waals surface area contributed by atoms with Gasteiger partial charge in [-0.05, 0) is 61.4 Å². The molecule has 4 aromatic rings. The van der Waals surface area contributed by atoms with Gasteiger partial charge in [0.25, 0.3) is 0 Å². The number of aromatic amines is 1. The normalized spacial score (nSPS) is 11.8. The Morgan fingerprint density at radius 2 is 1.86 bits per heavy atom. The van der Waals surface area contributed by atoms with Crippen LogP contribution >= 0.6 is 0 Å². The Morgan fingerprint density at radius 3 is 2.63 bits per heavy atom. The number of para-hydroxylation sites is 2. The Hall–Kier alpha value is -4.13. The third-order valence-electron chi connectivity index (χ3n) is 5.47. The minimum atomic E-state index is 0.518. The van der Waals surface area contributed by atoms with Crippen molar-refractivity contribution in [1.29, 1.82) is 0 Å². The fourth-order valence-corrected chi connectivity index (χ4v) is 3.53. The summed E-state index contributed by atoms with van der Waals surface area (Å²) in [6, 6.07) is 21.6. The number of hydrogen-bond acceptors (Lipinski definition) is 5. The van der Waals surface area contributed by atoms with Gasteiger partial charge in [-0.2, -0.15) is 5.10 Å². The molecule has 0 saturated carbocycles. The number of methoxy groups -OCH3 is 1. The van der Waals surface area contributed by atoms with Crippen molar-refractivity contribution in [2.24, 2.45) is 10.1 Å². The second-order valence-corrected chi connectivity index (χ2v) is 8.23. The number of amidine groups is 1. The summed E-state index contributed by atoms with van der Waals surface area (Å²) in [5.74, 6) is 2.54. The first kappa shape index (κ1) is 24.0. The molecular weight excluding hydrogens is 438 g/mol. The topological polar surface area (TPSA) is 83.9 Å². The molecule has 1 heterocycles. The molecule has 0 aliphatic heterocycles. The van der Waals surface area contributed by atoms with Gasteiger partial charge in [0.1, 0.15) is 0 Å². The number of hydrogen-bond donors (Lipinski definition) is 2. The molecule has 4 rings (SSSR count). The van der Waals surface area contributed by atoms with Crippen molar-refractivity contribution in [1.82, 2.24) is 15.4 Å². The Bertz CT molecular complexity index is 1280. The van der Waals surface area contributed by atoms with Crippen molar-refractivity contribution in [2.45, 2.75) is 33.1 Å². The Balaban J connectivity index is 1.54. The zero-order valence-electron chi connectivity index (χ0n) is 20.4. The van der Waals surface area contributed by atoms with Gasteiger partial charge in [-0.25, -0.2) is 9.98 Å². The van der Waals surface area contributed by atoms with Gasteiger partial charge in [-0.15, -0.1) is 0 Å². The van der Waals surface area contributed by atoms with Gasteiger partial charge < -0.3 is 14.5 Å². The molecule has 7 nitrogen and oxygen atoms in total. The molecule has 0 aliphatic rings. The molecule has 0 atom stereocenters. The highest BCUT2D eigenvalue weighted by Gasteiger charge is 2.10. The predicted molar refractivity (Wildman–Crippen MR) is 142 cm³/mol. The highest BCUT2D eigenvalue weighted by atomic mass is 16.5. The summed E-state index contributed by atoms with van der Waals surface area (Å²) < 4.78 is 11.4. The fraction of sp³-hybridized carbons (Fsp3) is 0.250. The third-order valence-corrected chi connectivity index (χ3v) is 5.47. The van der Waals surface area contributed by atoms with E-state index in [4.69, 9.17) is 14.5 Å². The lowest BCUT2D eigenvalue weighted by Crippen LogP contribution is -2.20. The molecule has 2 N–H and O–H groups in total. The quantitative estimate of drug-likeness (QED) is 0.126. The number of unbranched alkanes of at least 4 members (excludes halogenated alkanes) is 2. The number of imidazole rings is 1. The highest BCUT2D eigenvalue weighted by molar-refractivity contribution is 6.00. The van der Waals surface area contributed by atoms with Gasteiger partial charge in [-0.1, -0.05) is 49.6 Å². The fourth-order valence-electron chi connectivity index (χ4n) is 3.53. The van der Waals surface area contributed by atoms with Gasteiger partial charge in [0.2, 0.25) is 0 Å². The molecule has 0 bridgehead atoms. The second kappa shape index (κ2) is 11.8. The number of ether oxygens (including phenoxy) is 2. The van der Waals surface area contributed by atoms with Crippen LogP contribution in [0.2, 0.25) is 0 Å². The average Bonchev–Trinajstić information content (AvgIpc) is 3.32. The summed E-state index contributed by atoms with van der Waals surface area (Å²) in [6.45, 7) is 4.90. The first-order chi connectivity index (χ1) is 17.2. The van der Waals surface area contributed by atoms with E-state index in [1.807, 2.05) is 73.7 Å². The Morgan fingerprint density at radius 1 is 1.03 bits per heavy atom. The van der Waals surface area contributed by atoms with E-state index >= 15 is 0 Å². The Labute approximate surface area is 205 Å². The van der Waals surface area contributed by atoms with Crippen LogP contribution < -0.4 is 14.9 Å². The SMILES string of the molecule is CCCCCOc1ccc(C=NNC(=Nc2ccc(C)cc2)c2nc3ccccc3[nH]2)cc1OC. The van der Waals surface area contributed by atoms with Crippen molar-refractivity contribution in [3.8, 4) is 11.5 Å². The number of benzene rings is 3. The van der Waals surface area contributed by atoms with E-state index in [-0.39, 0.29) is 0 Å². The molecule has 0 saturated heterocycles. The molecular formula is C28H31N5O2. The molecule has 1 aromatic heterocycles. The minimum absolute atomic E-state index is 0.518. The number of aliphatic imine (C=N–C) groups is 1. The van der Waals surface area contributed by atoms with Gasteiger partial charge in [0, 0.05) is 0 Å². The smallest absolute Gasteiger partial charge is 0.190 e. The van der Waals surface area contributed by atoms with E-state index in [2.05, 4.69) is 27.4 Å². The number of fused-ring (bicyclic) bond motifs is 1. The number of H-pyrrole nitrogens is 1. The molecule has 3 aromatic carbocycles. The summed E-state index contributed by atoms with van der Waals surface area (Å²) in [5.41, 5.74) is 7.71. The van der Waals surface area contributed by atoms with E-state index in [1.54, 1.807) is 13.3 Å². The number of nitrogens with one attached hydrogen (secondary N) is 2. The van der Waals surface area contributed by atoms with Crippen LogP contribution in [-0.4, -0.2) is 35.7 Å². The summed E-state index contributed by atoms with van der Waals surface area (Å²) in [5, 5.41) is 4.43. The molecule has 7 heteroatoms. The summed E-state index contributed by atoms with van der Waals surface area (Å²) in [7, 11) is 1.64. The first-order valence-corrected chi connectivity index (χ1v) is 11.9. The maximum atomic E-state index is 5.87. The number of hydrazone groups is 1. The predicted octanol–water partition coefficient (Wildman–Crippen LogP) is 6.15. The molecule has 0 spiro atoms. The van der Waals surface area contributed by atoms with E-state index in [9.17, 15) is 0 Å². The van der Waals surface area contributed by atoms with Gasteiger partial charge in [0.15, 0.2) is 23.2 Å². The van der Waals surface area contributed by atoms with Crippen molar-refractivity contribution < 1.29 is 9.47 Å². The van der Waals surface area contributed by atoms with Crippen LogP contribution in [-0.2, 0) is 0 Å². The largest absolute Gasteiger partial charge is 0.493 e. The zero-order chi connectivity index (χ0) is 24.5. The number of aromatic nitrogens is 2. The third kappa shape index (κ3) is 6.47. The number of aryl methyl sites for hydroxylation is 1. The monoisotopic (exact) mass is 469 g/mol. The van der Waals surface area contributed by atoms with Crippen LogP contribution in [0.1, 0.15) is 43.1 Å². The van der Waals surface area contributed by atoms with Crippen LogP contribution in [0.25, 0.3) is 11.0 Å². The average molecular weight is 470 g/mol. The summed E-state index contributed by atoms with van der Waals surface area (Å²) in [4.78, 5) is 12.7. The first-order valence-electron chi connectivity index (χ1n) is 11.9. The maximum absolute atomic E-state index is 5.87. The molecule has 0 unspecified atom stereocenters. The number of nitrogens with zero attached hydrogens (tertiary/aromatic N) is 3. The molecule has 180 valence electrons. The highest BCUT2D eigenvalue weighted by Crippen LogP contribution is 2.27. The Kier molecular flexibility index (Phi) is 8.12. The van der Waals surface area contributed by atoms with Crippen LogP contribution in [0.3, 0.4) is 0 Å². The van der Waals surface area contributed by atoms with Gasteiger partial charge in [-0.3, -0.25) is 5.43 Å². The molecule has 0 radical (unpaired) electrons. The van der Waals surface area contributed by atoms with Crippen molar-refractivity contribution in [3.05, 3.63) is 83.7 Å². The van der Waals surface area contributed by atoms with Crippen molar-refractivity contribution in [2.75, 3.05) is 13.7 Å². The second-order valence-electron chi connectivity index (χ2n) is 8.23.